The minimum Gasteiger partial charge on any atom is -0.0811 e. The van der Waals surface area contributed by atoms with Gasteiger partial charge in [-0.2, -0.15) is 0 Å². The minimum absolute atomic E-state index is 1.11. The normalized spacial score (nSPS) is 10.2. The lowest BCUT2D eigenvalue weighted by atomic mass is 10.1. The first-order valence-corrected chi connectivity index (χ1v) is 6.07. The van der Waals surface area contributed by atoms with Gasteiger partial charge in [0.2, 0.25) is 0 Å². The highest BCUT2D eigenvalue weighted by Gasteiger charge is 2.00. The van der Waals surface area contributed by atoms with Crippen LogP contribution in [0.3, 0.4) is 0 Å². The van der Waals surface area contributed by atoms with Crippen molar-refractivity contribution in [3.05, 3.63) is 32.4 Å². The zero-order chi connectivity index (χ0) is 8.43. The van der Waals surface area contributed by atoms with Crippen molar-refractivity contribution in [1.82, 2.24) is 0 Å². The molecule has 0 aliphatic carbocycles. The summed E-state index contributed by atoms with van der Waals surface area (Å²) >= 11 is 4.80. The molecular weight excluding hydrogens is 362 g/mol. The Bertz CT molecular complexity index is 267. The van der Waals surface area contributed by atoms with Gasteiger partial charge in [-0.05, 0) is 59.2 Å². The molecule has 1 rings (SSSR count). The Hall–Kier alpha value is 0.680. The Kier molecular flexibility index (Phi) is 3.61. The Labute approximate surface area is 95.0 Å². The van der Waals surface area contributed by atoms with E-state index < -0.39 is 0 Å². The van der Waals surface area contributed by atoms with E-state index in [-0.39, 0.29) is 0 Å². The second-order valence-corrected chi connectivity index (χ2v) is 4.59. The van der Waals surface area contributed by atoms with Crippen LogP contribution in [0.15, 0.2) is 12.1 Å². The predicted octanol–water partition coefficient (Wildman–Crippen LogP) is 3.84. The quantitative estimate of drug-likeness (QED) is 0.519. The molecule has 0 saturated carbocycles. The Morgan fingerprint density at radius 2 is 1.73 bits per heavy atom. The van der Waals surface area contributed by atoms with E-state index in [1.54, 1.807) is 0 Å². The number of rotatable bonds is 1. The third kappa shape index (κ3) is 2.31. The molecule has 0 aliphatic heterocycles. The molecule has 0 radical (unpaired) electrons. The molecule has 0 aromatic heterocycles. The first-order chi connectivity index (χ1) is 5.15. The maximum Gasteiger partial charge on any atom is 0.0257 e. The average molecular weight is 372 g/mol. The number of halogens is 2. The van der Waals surface area contributed by atoms with E-state index in [9.17, 15) is 0 Å². The van der Waals surface area contributed by atoms with Gasteiger partial charge in [0, 0.05) is 8.00 Å². The fourth-order valence-corrected chi connectivity index (χ4v) is 3.12. The van der Waals surface area contributed by atoms with Crippen LogP contribution in [0.1, 0.15) is 16.7 Å². The van der Waals surface area contributed by atoms with Crippen LogP contribution in [0.4, 0.5) is 0 Å². The lowest BCUT2D eigenvalue weighted by molar-refractivity contribution is 1.27. The third-order valence-corrected chi connectivity index (χ3v) is 3.63. The second kappa shape index (κ2) is 4.07. The summed E-state index contributed by atoms with van der Waals surface area (Å²) in [6, 6.07) is 4.54. The van der Waals surface area contributed by atoms with Crippen molar-refractivity contribution in [2.45, 2.75) is 18.3 Å². The van der Waals surface area contributed by atoms with Crippen LogP contribution in [0, 0.1) is 17.4 Å². The monoisotopic (exact) mass is 372 g/mol. The molecule has 60 valence electrons. The van der Waals surface area contributed by atoms with Crippen LogP contribution in [0.5, 0.6) is 0 Å². The second-order valence-electron chi connectivity index (χ2n) is 2.66. The highest BCUT2D eigenvalue weighted by atomic mass is 127. The topological polar surface area (TPSA) is 0 Å². The molecule has 0 aliphatic rings. The van der Waals surface area contributed by atoms with Crippen molar-refractivity contribution < 1.29 is 0 Å². The van der Waals surface area contributed by atoms with Crippen LogP contribution < -0.4 is 0 Å². The summed E-state index contributed by atoms with van der Waals surface area (Å²) in [5.74, 6) is 0. The summed E-state index contributed by atoms with van der Waals surface area (Å²) in [6.45, 7) is 4.33. The van der Waals surface area contributed by atoms with Gasteiger partial charge in [0.05, 0.1) is 0 Å². The SMILES string of the molecule is Cc1cc(I)c(CI)cc1C. The number of aryl methyl sites for hydroxylation is 2. The first kappa shape index (κ1) is 9.77. The van der Waals surface area contributed by atoms with Crippen LogP contribution in [0.25, 0.3) is 0 Å². The Morgan fingerprint density at radius 3 is 2.27 bits per heavy atom. The highest BCUT2D eigenvalue weighted by Crippen LogP contribution is 2.19. The molecule has 0 heterocycles. The molecule has 0 amide bonds. The molecule has 2 heteroatoms. The van der Waals surface area contributed by atoms with Crippen molar-refractivity contribution in [2.75, 3.05) is 0 Å². The summed E-state index contributed by atoms with van der Waals surface area (Å²) < 4.78 is 2.50. The Morgan fingerprint density at radius 1 is 1.18 bits per heavy atom. The van der Waals surface area contributed by atoms with Crippen LogP contribution in [-0.2, 0) is 4.43 Å². The van der Waals surface area contributed by atoms with Crippen LogP contribution >= 0.6 is 45.2 Å². The molecule has 1 aromatic carbocycles. The maximum absolute atomic E-state index is 2.40. The van der Waals surface area contributed by atoms with Crippen LogP contribution in [-0.4, -0.2) is 0 Å². The number of hydrogen-bond acceptors (Lipinski definition) is 0. The Balaban J connectivity index is 3.21. The number of benzene rings is 1. The van der Waals surface area contributed by atoms with E-state index in [2.05, 4.69) is 71.2 Å². The van der Waals surface area contributed by atoms with Gasteiger partial charge in [0.15, 0.2) is 0 Å². The number of hydrogen-bond donors (Lipinski definition) is 0. The molecule has 0 N–H and O–H groups in total. The summed E-state index contributed by atoms with van der Waals surface area (Å²) in [6.07, 6.45) is 0. The van der Waals surface area contributed by atoms with Gasteiger partial charge in [-0.3, -0.25) is 0 Å². The molecule has 0 spiro atoms. The molecule has 0 saturated heterocycles. The van der Waals surface area contributed by atoms with E-state index in [1.165, 1.54) is 20.3 Å². The lowest BCUT2D eigenvalue weighted by Gasteiger charge is -2.05. The fraction of sp³-hybridized carbons (Fsp3) is 0.333. The van der Waals surface area contributed by atoms with E-state index in [1.807, 2.05) is 0 Å². The summed E-state index contributed by atoms with van der Waals surface area (Å²) in [5, 5.41) is 0. The fourth-order valence-electron chi connectivity index (χ4n) is 0.943. The summed E-state index contributed by atoms with van der Waals surface area (Å²) in [7, 11) is 0. The van der Waals surface area contributed by atoms with Crippen molar-refractivity contribution in [2.24, 2.45) is 0 Å². The molecule has 11 heavy (non-hydrogen) atoms. The van der Waals surface area contributed by atoms with Crippen molar-refractivity contribution >= 4 is 45.2 Å². The van der Waals surface area contributed by atoms with Gasteiger partial charge >= 0.3 is 0 Å². The summed E-state index contributed by atoms with van der Waals surface area (Å²) in [4.78, 5) is 0. The molecule has 1 aromatic rings. The average Bonchev–Trinajstić information content (AvgIpc) is 1.97. The molecule has 0 nitrogen and oxygen atoms in total. The summed E-state index contributed by atoms with van der Waals surface area (Å²) in [5.41, 5.74) is 4.24. The maximum atomic E-state index is 2.40. The van der Waals surface area contributed by atoms with Gasteiger partial charge in [-0.25, -0.2) is 0 Å². The first-order valence-electron chi connectivity index (χ1n) is 3.46. The van der Waals surface area contributed by atoms with Gasteiger partial charge < -0.3 is 0 Å². The lowest BCUT2D eigenvalue weighted by Crippen LogP contribution is -1.88. The minimum atomic E-state index is 1.11. The molecule has 0 atom stereocenters. The van der Waals surface area contributed by atoms with Gasteiger partial charge in [-0.15, -0.1) is 0 Å². The van der Waals surface area contributed by atoms with Gasteiger partial charge in [-0.1, -0.05) is 28.7 Å². The van der Waals surface area contributed by atoms with Crippen molar-refractivity contribution in [3.8, 4) is 0 Å². The molecule has 0 bridgehead atoms. The standard InChI is InChI=1S/C9H10I2/c1-6-3-8(5-10)9(11)4-7(6)2/h3-4H,5H2,1-2H3. The smallest absolute Gasteiger partial charge is 0.0257 e. The largest absolute Gasteiger partial charge is 0.0811 e. The molecular formula is C9H10I2. The predicted molar refractivity (Wildman–Crippen MR) is 66.4 cm³/mol. The van der Waals surface area contributed by atoms with Crippen molar-refractivity contribution in [1.29, 1.82) is 0 Å². The number of alkyl halides is 1. The third-order valence-electron chi connectivity index (χ3n) is 1.81. The van der Waals surface area contributed by atoms with E-state index in [0.717, 1.165) is 4.43 Å². The zero-order valence-electron chi connectivity index (χ0n) is 6.62. The van der Waals surface area contributed by atoms with E-state index >= 15 is 0 Å². The van der Waals surface area contributed by atoms with Crippen molar-refractivity contribution in [3.63, 3.8) is 0 Å². The van der Waals surface area contributed by atoms with Crippen LogP contribution in [0.2, 0.25) is 0 Å². The zero-order valence-corrected chi connectivity index (χ0v) is 10.9. The van der Waals surface area contributed by atoms with Gasteiger partial charge in [0.1, 0.15) is 0 Å². The van der Waals surface area contributed by atoms with E-state index in [4.69, 9.17) is 0 Å². The highest BCUT2D eigenvalue weighted by molar-refractivity contribution is 14.1. The molecule has 0 fully saturated rings. The van der Waals surface area contributed by atoms with E-state index in [0.29, 0.717) is 0 Å². The molecule has 0 unspecified atom stereocenters. The van der Waals surface area contributed by atoms with Gasteiger partial charge in [0.25, 0.3) is 0 Å².